The molecular weight excluding hydrogens is 242 g/mol. The Hall–Kier alpha value is -0.650. The fraction of sp³-hybridized carbons (Fsp3) is 0.929. The van der Waals surface area contributed by atoms with Crippen LogP contribution in [0.5, 0.6) is 0 Å². The Morgan fingerprint density at radius 3 is 2.84 bits per heavy atom. The maximum absolute atomic E-state index is 11.9. The van der Waals surface area contributed by atoms with Gasteiger partial charge >= 0.3 is 0 Å². The second kappa shape index (κ2) is 6.68. The molecule has 1 saturated heterocycles. The van der Waals surface area contributed by atoms with E-state index < -0.39 is 0 Å². The molecule has 5 heteroatoms. The van der Waals surface area contributed by atoms with Crippen LogP contribution in [0.25, 0.3) is 0 Å². The molecule has 19 heavy (non-hydrogen) atoms. The van der Waals surface area contributed by atoms with Gasteiger partial charge in [-0.05, 0) is 33.1 Å². The van der Waals surface area contributed by atoms with Crippen molar-refractivity contribution in [3.8, 4) is 0 Å². The van der Waals surface area contributed by atoms with E-state index in [1.54, 1.807) is 7.11 Å². The first kappa shape index (κ1) is 14.8. The Bertz CT molecular complexity index is 307. The van der Waals surface area contributed by atoms with Gasteiger partial charge in [0.05, 0.1) is 12.6 Å². The molecular formula is C14H27N3O2. The SMILES string of the molecule is COCCNC(=O)C(C)NC1CC(C)N(C2CC2)C1. The van der Waals surface area contributed by atoms with Crippen molar-refractivity contribution >= 4 is 5.91 Å². The summed E-state index contributed by atoms with van der Waals surface area (Å²) in [4.78, 5) is 14.5. The number of amides is 1. The van der Waals surface area contributed by atoms with Crippen LogP contribution in [-0.2, 0) is 9.53 Å². The predicted molar refractivity (Wildman–Crippen MR) is 75.1 cm³/mol. The van der Waals surface area contributed by atoms with Gasteiger partial charge in [-0.3, -0.25) is 9.69 Å². The molecule has 110 valence electrons. The van der Waals surface area contributed by atoms with Gasteiger partial charge in [-0.1, -0.05) is 0 Å². The molecule has 1 aliphatic carbocycles. The van der Waals surface area contributed by atoms with E-state index in [4.69, 9.17) is 4.74 Å². The van der Waals surface area contributed by atoms with E-state index in [0.717, 1.165) is 19.0 Å². The molecule has 2 aliphatic rings. The summed E-state index contributed by atoms with van der Waals surface area (Å²) < 4.78 is 4.93. The fourth-order valence-electron chi connectivity index (χ4n) is 2.95. The molecule has 0 aromatic carbocycles. The third-order valence-corrected chi connectivity index (χ3v) is 4.12. The van der Waals surface area contributed by atoms with Gasteiger partial charge in [0.2, 0.25) is 5.91 Å². The molecule has 0 bridgehead atoms. The van der Waals surface area contributed by atoms with Crippen molar-refractivity contribution in [2.75, 3.05) is 26.8 Å². The Balaban J connectivity index is 1.70. The molecule has 2 fully saturated rings. The zero-order valence-corrected chi connectivity index (χ0v) is 12.3. The number of ether oxygens (including phenoxy) is 1. The average molecular weight is 269 g/mol. The standard InChI is InChI=1S/C14H27N3O2/c1-10-8-12(9-17(10)13-4-5-13)16-11(2)14(18)15-6-7-19-3/h10-13,16H,4-9H2,1-3H3,(H,15,18). The van der Waals surface area contributed by atoms with Gasteiger partial charge in [0.1, 0.15) is 0 Å². The molecule has 3 atom stereocenters. The van der Waals surface area contributed by atoms with Crippen molar-refractivity contribution in [2.24, 2.45) is 0 Å². The number of hydrogen-bond donors (Lipinski definition) is 2. The van der Waals surface area contributed by atoms with Gasteiger partial charge in [0.25, 0.3) is 0 Å². The lowest BCUT2D eigenvalue weighted by Crippen LogP contribution is -2.48. The summed E-state index contributed by atoms with van der Waals surface area (Å²) in [6.45, 7) is 6.46. The molecule has 1 saturated carbocycles. The van der Waals surface area contributed by atoms with Crippen molar-refractivity contribution in [3.05, 3.63) is 0 Å². The number of carbonyl (C=O) groups is 1. The summed E-state index contributed by atoms with van der Waals surface area (Å²) in [7, 11) is 1.64. The first-order chi connectivity index (χ1) is 9.11. The fourth-order valence-corrected chi connectivity index (χ4v) is 2.95. The lowest BCUT2D eigenvalue weighted by molar-refractivity contribution is -0.123. The Kier molecular flexibility index (Phi) is 5.19. The van der Waals surface area contributed by atoms with E-state index in [0.29, 0.717) is 25.2 Å². The largest absolute Gasteiger partial charge is 0.383 e. The molecule has 2 rings (SSSR count). The lowest BCUT2D eigenvalue weighted by atomic mass is 10.1. The van der Waals surface area contributed by atoms with E-state index in [1.807, 2.05) is 6.92 Å². The molecule has 0 radical (unpaired) electrons. The molecule has 5 nitrogen and oxygen atoms in total. The monoisotopic (exact) mass is 269 g/mol. The van der Waals surface area contributed by atoms with Crippen molar-refractivity contribution < 1.29 is 9.53 Å². The summed E-state index contributed by atoms with van der Waals surface area (Å²) in [6, 6.07) is 1.77. The molecule has 2 N–H and O–H groups in total. The second-order valence-corrected chi connectivity index (χ2v) is 5.88. The summed E-state index contributed by atoms with van der Waals surface area (Å²) >= 11 is 0. The summed E-state index contributed by atoms with van der Waals surface area (Å²) in [5.74, 6) is 0.0644. The van der Waals surface area contributed by atoms with E-state index in [1.165, 1.54) is 12.8 Å². The minimum atomic E-state index is -0.131. The van der Waals surface area contributed by atoms with Gasteiger partial charge in [0.15, 0.2) is 0 Å². The summed E-state index contributed by atoms with van der Waals surface area (Å²) in [5, 5.41) is 6.33. The molecule has 1 amide bonds. The van der Waals surface area contributed by atoms with Crippen molar-refractivity contribution in [3.63, 3.8) is 0 Å². The Labute approximate surface area is 116 Å². The number of likely N-dealkylation sites (tertiary alicyclic amines) is 1. The molecule has 3 unspecified atom stereocenters. The van der Waals surface area contributed by atoms with Crippen LogP contribution in [0.15, 0.2) is 0 Å². The smallest absolute Gasteiger partial charge is 0.236 e. The highest BCUT2D eigenvalue weighted by Gasteiger charge is 2.39. The molecule has 0 aromatic heterocycles. The highest BCUT2D eigenvalue weighted by molar-refractivity contribution is 5.81. The van der Waals surface area contributed by atoms with Crippen LogP contribution < -0.4 is 10.6 Å². The Morgan fingerprint density at radius 1 is 1.47 bits per heavy atom. The van der Waals surface area contributed by atoms with Crippen LogP contribution in [0.4, 0.5) is 0 Å². The number of rotatable bonds is 7. The van der Waals surface area contributed by atoms with E-state index in [9.17, 15) is 4.79 Å². The minimum absolute atomic E-state index is 0.0644. The van der Waals surface area contributed by atoms with Crippen LogP contribution >= 0.6 is 0 Å². The molecule has 1 heterocycles. The normalized spacial score (nSPS) is 29.4. The zero-order valence-electron chi connectivity index (χ0n) is 12.3. The van der Waals surface area contributed by atoms with Crippen LogP contribution in [0.2, 0.25) is 0 Å². The lowest BCUT2D eigenvalue weighted by Gasteiger charge is -2.21. The van der Waals surface area contributed by atoms with E-state index >= 15 is 0 Å². The zero-order chi connectivity index (χ0) is 13.8. The summed E-state index contributed by atoms with van der Waals surface area (Å²) in [6.07, 6.45) is 3.85. The molecule has 1 aliphatic heterocycles. The average Bonchev–Trinajstić information content (AvgIpc) is 3.14. The highest BCUT2D eigenvalue weighted by atomic mass is 16.5. The molecule has 0 aromatic rings. The number of hydrogen-bond acceptors (Lipinski definition) is 4. The van der Waals surface area contributed by atoms with Gasteiger partial charge in [-0.2, -0.15) is 0 Å². The van der Waals surface area contributed by atoms with Crippen LogP contribution in [0, 0.1) is 0 Å². The van der Waals surface area contributed by atoms with E-state index in [-0.39, 0.29) is 11.9 Å². The first-order valence-corrected chi connectivity index (χ1v) is 7.40. The van der Waals surface area contributed by atoms with Gasteiger partial charge in [-0.15, -0.1) is 0 Å². The maximum atomic E-state index is 11.9. The van der Waals surface area contributed by atoms with Gasteiger partial charge in [0, 0.05) is 38.3 Å². The van der Waals surface area contributed by atoms with Crippen molar-refractivity contribution in [1.82, 2.24) is 15.5 Å². The first-order valence-electron chi connectivity index (χ1n) is 7.40. The van der Waals surface area contributed by atoms with E-state index in [2.05, 4.69) is 22.5 Å². The minimum Gasteiger partial charge on any atom is -0.383 e. The van der Waals surface area contributed by atoms with Crippen LogP contribution in [-0.4, -0.2) is 61.8 Å². The number of nitrogens with one attached hydrogen (secondary N) is 2. The highest BCUT2D eigenvalue weighted by Crippen LogP contribution is 2.33. The van der Waals surface area contributed by atoms with Gasteiger partial charge < -0.3 is 15.4 Å². The van der Waals surface area contributed by atoms with Crippen LogP contribution in [0.1, 0.15) is 33.1 Å². The maximum Gasteiger partial charge on any atom is 0.236 e. The Morgan fingerprint density at radius 2 is 2.21 bits per heavy atom. The van der Waals surface area contributed by atoms with Crippen molar-refractivity contribution in [1.29, 1.82) is 0 Å². The second-order valence-electron chi connectivity index (χ2n) is 5.88. The topological polar surface area (TPSA) is 53.6 Å². The quantitative estimate of drug-likeness (QED) is 0.655. The predicted octanol–water partition coefficient (Wildman–Crippen LogP) is 0.352. The number of nitrogens with zero attached hydrogens (tertiary/aromatic N) is 1. The van der Waals surface area contributed by atoms with Gasteiger partial charge in [-0.25, -0.2) is 0 Å². The summed E-state index contributed by atoms with van der Waals surface area (Å²) in [5.41, 5.74) is 0. The third-order valence-electron chi connectivity index (χ3n) is 4.12. The van der Waals surface area contributed by atoms with Crippen molar-refractivity contribution in [2.45, 2.75) is 57.3 Å². The number of methoxy groups -OCH3 is 1. The molecule has 0 spiro atoms. The van der Waals surface area contributed by atoms with Crippen LogP contribution in [0.3, 0.4) is 0 Å². The third kappa shape index (κ3) is 4.16. The number of carbonyl (C=O) groups excluding carboxylic acids is 1.